The standard InChI is InChI=1S/C17H21BrN2O4/c18-13-4-1-3-12(11-13)14(17(23)5-2-6-17)15(21)24-16(22)20-9-7-19-8-10-20/h1,3-4,11,14,19,23H,2,5-10H2. The molecule has 0 bridgehead atoms. The number of aliphatic hydroxyl groups is 1. The van der Waals surface area contributed by atoms with Crippen molar-refractivity contribution in [3.8, 4) is 0 Å². The van der Waals surface area contributed by atoms with Crippen molar-refractivity contribution >= 4 is 28.0 Å². The van der Waals surface area contributed by atoms with Crippen molar-refractivity contribution < 1.29 is 19.4 Å². The Morgan fingerprint density at radius 3 is 2.58 bits per heavy atom. The van der Waals surface area contributed by atoms with Crippen LogP contribution in [0.1, 0.15) is 30.7 Å². The summed E-state index contributed by atoms with van der Waals surface area (Å²) in [6.45, 7) is 2.39. The van der Waals surface area contributed by atoms with Crippen LogP contribution in [-0.4, -0.2) is 53.8 Å². The molecule has 6 nitrogen and oxygen atoms in total. The van der Waals surface area contributed by atoms with Crippen molar-refractivity contribution in [3.63, 3.8) is 0 Å². The van der Waals surface area contributed by atoms with E-state index in [0.717, 1.165) is 10.9 Å². The minimum Gasteiger partial charge on any atom is -0.389 e. The third-order valence-electron chi connectivity index (χ3n) is 4.74. The highest BCUT2D eigenvalue weighted by Crippen LogP contribution is 2.44. The Morgan fingerprint density at radius 1 is 1.29 bits per heavy atom. The Kier molecular flexibility index (Phi) is 5.22. The van der Waals surface area contributed by atoms with E-state index in [2.05, 4.69) is 21.2 Å². The summed E-state index contributed by atoms with van der Waals surface area (Å²) in [5.74, 6) is -1.53. The van der Waals surface area contributed by atoms with Crippen molar-refractivity contribution in [2.24, 2.45) is 0 Å². The summed E-state index contributed by atoms with van der Waals surface area (Å²) < 4.78 is 5.93. The highest BCUT2D eigenvalue weighted by Gasteiger charge is 2.48. The van der Waals surface area contributed by atoms with Crippen LogP contribution in [0.15, 0.2) is 28.7 Å². The van der Waals surface area contributed by atoms with Gasteiger partial charge in [0.05, 0.1) is 5.60 Å². The fourth-order valence-electron chi connectivity index (χ4n) is 3.24. The number of benzene rings is 1. The fourth-order valence-corrected chi connectivity index (χ4v) is 3.65. The lowest BCUT2D eigenvalue weighted by Crippen LogP contribution is -2.50. The summed E-state index contributed by atoms with van der Waals surface area (Å²) >= 11 is 3.38. The summed E-state index contributed by atoms with van der Waals surface area (Å²) in [6, 6.07) is 7.22. The summed E-state index contributed by atoms with van der Waals surface area (Å²) in [4.78, 5) is 26.4. The molecule has 2 fully saturated rings. The lowest BCUT2D eigenvalue weighted by atomic mass is 9.68. The minimum absolute atomic E-state index is 0.512. The Labute approximate surface area is 149 Å². The molecule has 1 amide bonds. The smallest absolute Gasteiger partial charge is 0.389 e. The maximum atomic E-state index is 12.7. The van der Waals surface area contributed by atoms with Crippen molar-refractivity contribution in [1.82, 2.24) is 10.2 Å². The summed E-state index contributed by atoms with van der Waals surface area (Å²) in [7, 11) is 0. The molecule has 1 aromatic carbocycles. The number of rotatable bonds is 3. The molecule has 0 radical (unpaired) electrons. The predicted molar refractivity (Wildman–Crippen MR) is 91.6 cm³/mol. The highest BCUT2D eigenvalue weighted by molar-refractivity contribution is 9.10. The van der Waals surface area contributed by atoms with E-state index < -0.39 is 23.6 Å². The third-order valence-corrected chi connectivity index (χ3v) is 5.23. The lowest BCUT2D eigenvalue weighted by molar-refractivity contribution is -0.152. The number of ether oxygens (including phenoxy) is 1. The molecular weight excluding hydrogens is 376 g/mol. The number of hydrogen-bond acceptors (Lipinski definition) is 5. The monoisotopic (exact) mass is 396 g/mol. The molecule has 1 heterocycles. The van der Waals surface area contributed by atoms with Gasteiger partial charge in [0, 0.05) is 30.7 Å². The van der Waals surface area contributed by atoms with E-state index in [1.54, 1.807) is 18.2 Å². The lowest BCUT2D eigenvalue weighted by Gasteiger charge is -2.42. The first-order chi connectivity index (χ1) is 11.5. The molecule has 1 saturated heterocycles. The van der Waals surface area contributed by atoms with E-state index in [1.807, 2.05) is 6.07 Å². The van der Waals surface area contributed by atoms with E-state index in [4.69, 9.17) is 4.74 Å². The Bertz CT molecular complexity index is 627. The molecule has 2 aliphatic rings. The number of carbonyl (C=O) groups excluding carboxylic acids is 2. The minimum atomic E-state index is -1.14. The van der Waals surface area contributed by atoms with Gasteiger partial charge in [0.1, 0.15) is 5.92 Å². The average molecular weight is 397 g/mol. The molecular formula is C17H21BrN2O4. The Balaban J connectivity index is 1.77. The van der Waals surface area contributed by atoms with Gasteiger partial charge in [0.25, 0.3) is 0 Å². The summed E-state index contributed by atoms with van der Waals surface area (Å²) in [5, 5.41) is 13.9. The fraction of sp³-hybridized carbons (Fsp3) is 0.529. The first-order valence-corrected chi connectivity index (χ1v) is 8.98. The second-order valence-corrected chi connectivity index (χ2v) is 7.28. The number of carbonyl (C=O) groups is 2. The number of nitrogens with one attached hydrogen (secondary N) is 1. The van der Waals surface area contributed by atoms with Crippen LogP contribution in [0, 0.1) is 0 Å². The summed E-state index contributed by atoms with van der Waals surface area (Å²) in [6.07, 6.45) is 1.28. The number of halogens is 1. The predicted octanol–water partition coefficient (Wildman–Crippen LogP) is 2.02. The van der Waals surface area contributed by atoms with Crippen molar-refractivity contribution in [2.45, 2.75) is 30.8 Å². The molecule has 1 atom stereocenters. The van der Waals surface area contributed by atoms with Gasteiger partial charge in [0.2, 0.25) is 0 Å². The van der Waals surface area contributed by atoms with Crippen LogP contribution < -0.4 is 5.32 Å². The zero-order chi connectivity index (χ0) is 17.2. The van der Waals surface area contributed by atoms with Crippen molar-refractivity contribution in [3.05, 3.63) is 34.3 Å². The topological polar surface area (TPSA) is 78.9 Å². The first kappa shape index (κ1) is 17.4. The van der Waals surface area contributed by atoms with E-state index in [-0.39, 0.29) is 0 Å². The number of nitrogens with zero attached hydrogens (tertiary/aromatic N) is 1. The van der Waals surface area contributed by atoms with Gasteiger partial charge in [-0.3, -0.25) is 4.79 Å². The van der Waals surface area contributed by atoms with Gasteiger partial charge in [-0.1, -0.05) is 28.1 Å². The van der Waals surface area contributed by atoms with Crippen LogP contribution in [-0.2, 0) is 9.53 Å². The molecule has 24 heavy (non-hydrogen) atoms. The van der Waals surface area contributed by atoms with Crippen molar-refractivity contribution in [2.75, 3.05) is 26.2 Å². The van der Waals surface area contributed by atoms with E-state index >= 15 is 0 Å². The molecule has 1 aliphatic heterocycles. The molecule has 1 saturated carbocycles. The normalized spacial score (nSPS) is 20.8. The van der Waals surface area contributed by atoms with Gasteiger partial charge in [-0.05, 0) is 37.0 Å². The van der Waals surface area contributed by atoms with E-state index in [0.29, 0.717) is 44.6 Å². The number of hydrogen-bond donors (Lipinski definition) is 2. The molecule has 0 aromatic heterocycles. The molecule has 0 spiro atoms. The third kappa shape index (κ3) is 3.63. The van der Waals surface area contributed by atoms with Gasteiger partial charge >= 0.3 is 12.1 Å². The van der Waals surface area contributed by atoms with Crippen LogP contribution in [0.5, 0.6) is 0 Å². The van der Waals surface area contributed by atoms with Crippen LogP contribution in [0.4, 0.5) is 4.79 Å². The van der Waals surface area contributed by atoms with Gasteiger partial charge in [0.15, 0.2) is 0 Å². The van der Waals surface area contributed by atoms with Crippen LogP contribution >= 0.6 is 15.9 Å². The summed E-state index contributed by atoms with van der Waals surface area (Å²) in [5.41, 5.74) is -0.480. The maximum Gasteiger partial charge on any atom is 0.417 e. The highest BCUT2D eigenvalue weighted by atomic mass is 79.9. The molecule has 130 valence electrons. The van der Waals surface area contributed by atoms with Gasteiger partial charge in [-0.2, -0.15) is 0 Å². The molecule has 7 heteroatoms. The average Bonchev–Trinajstić information content (AvgIpc) is 2.54. The van der Waals surface area contributed by atoms with Crippen LogP contribution in [0.25, 0.3) is 0 Å². The molecule has 3 rings (SSSR count). The van der Waals surface area contributed by atoms with E-state index in [1.165, 1.54) is 4.90 Å². The zero-order valence-corrected chi connectivity index (χ0v) is 14.9. The van der Waals surface area contributed by atoms with E-state index in [9.17, 15) is 14.7 Å². The Hall–Kier alpha value is -1.44. The van der Waals surface area contributed by atoms with Crippen LogP contribution in [0.3, 0.4) is 0 Å². The maximum absolute atomic E-state index is 12.7. The SMILES string of the molecule is O=C(OC(=O)N1CCNCC1)C(c1cccc(Br)c1)C1(O)CCC1. The number of amides is 1. The number of piperazine rings is 1. The molecule has 2 N–H and O–H groups in total. The largest absolute Gasteiger partial charge is 0.417 e. The second-order valence-electron chi connectivity index (χ2n) is 6.37. The molecule has 1 aliphatic carbocycles. The quantitative estimate of drug-likeness (QED) is 0.603. The Morgan fingerprint density at radius 2 is 2.00 bits per heavy atom. The zero-order valence-electron chi connectivity index (χ0n) is 13.3. The van der Waals surface area contributed by atoms with Gasteiger partial charge < -0.3 is 20.1 Å². The second kappa shape index (κ2) is 7.21. The van der Waals surface area contributed by atoms with Crippen molar-refractivity contribution in [1.29, 1.82) is 0 Å². The molecule has 1 aromatic rings. The van der Waals surface area contributed by atoms with Crippen LogP contribution in [0.2, 0.25) is 0 Å². The molecule has 1 unspecified atom stereocenters. The number of esters is 1. The van der Waals surface area contributed by atoms with Gasteiger partial charge in [-0.25, -0.2) is 4.79 Å². The first-order valence-electron chi connectivity index (χ1n) is 8.19. The van der Waals surface area contributed by atoms with Gasteiger partial charge in [-0.15, -0.1) is 0 Å².